The molecule has 0 radical (unpaired) electrons. The minimum atomic E-state index is -3.27. The minimum absolute atomic E-state index is 0.0526. The third kappa shape index (κ3) is 3.94. The summed E-state index contributed by atoms with van der Waals surface area (Å²) in [6.45, 7) is 3.04. The first-order valence-corrected chi connectivity index (χ1v) is 7.47. The Hall–Kier alpha value is -1.08. The molecule has 1 aromatic rings. The van der Waals surface area contributed by atoms with Crippen molar-refractivity contribution in [3.63, 3.8) is 0 Å². The highest BCUT2D eigenvalue weighted by atomic mass is 32.2. The molecule has 0 amide bonds. The van der Waals surface area contributed by atoms with Crippen LogP contribution in [0.4, 0.5) is 13.2 Å². The zero-order chi connectivity index (χ0) is 14.8. The van der Waals surface area contributed by atoms with Gasteiger partial charge in [-0.15, -0.1) is 0 Å². The molecule has 1 rings (SSSR count). The molecule has 0 atom stereocenters. The molecule has 0 saturated heterocycles. The van der Waals surface area contributed by atoms with Gasteiger partial charge in [0.15, 0.2) is 21.5 Å². The van der Waals surface area contributed by atoms with Crippen molar-refractivity contribution in [1.82, 2.24) is 5.32 Å². The van der Waals surface area contributed by atoms with Gasteiger partial charge in [-0.25, -0.2) is 21.6 Å². The first kappa shape index (κ1) is 16.0. The summed E-state index contributed by atoms with van der Waals surface area (Å²) in [5, 5.41) is 2.73. The molecular formula is C12H16F3NO2S. The monoisotopic (exact) mass is 295 g/mol. The van der Waals surface area contributed by atoms with Crippen LogP contribution in [0.1, 0.15) is 19.4 Å². The van der Waals surface area contributed by atoms with E-state index in [1.807, 2.05) is 0 Å². The Bertz CT molecular complexity index is 571. The zero-order valence-corrected chi connectivity index (χ0v) is 11.7. The largest absolute Gasteiger partial charge is 0.311 e. The van der Waals surface area contributed by atoms with Crippen LogP contribution in [0, 0.1) is 17.5 Å². The fourth-order valence-corrected chi connectivity index (χ4v) is 1.69. The predicted octanol–water partition coefficient (Wildman–Crippen LogP) is 2.02. The van der Waals surface area contributed by atoms with Crippen LogP contribution in [0.5, 0.6) is 0 Å². The quantitative estimate of drug-likeness (QED) is 0.845. The fraction of sp³-hybridized carbons (Fsp3) is 0.500. The van der Waals surface area contributed by atoms with E-state index >= 15 is 0 Å². The van der Waals surface area contributed by atoms with Gasteiger partial charge < -0.3 is 5.32 Å². The van der Waals surface area contributed by atoms with Crippen LogP contribution < -0.4 is 5.32 Å². The van der Waals surface area contributed by atoms with Crippen LogP contribution >= 0.6 is 0 Å². The molecular weight excluding hydrogens is 279 g/mol. The van der Waals surface area contributed by atoms with Crippen molar-refractivity contribution >= 4 is 9.84 Å². The lowest BCUT2D eigenvalue weighted by atomic mass is 10.1. The second-order valence-corrected chi connectivity index (χ2v) is 7.64. The van der Waals surface area contributed by atoms with Gasteiger partial charge in [0, 0.05) is 31.0 Å². The summed E-state index contributed by atoms with van der Waals surface area (Å²) in [5.41, 5.74) is -0.0526. The molecule has 108 valence electrons. The van der Waals surface area contributed by atoms with Crippen molar-refractivity contribution < 1.29 is 21.6 Å². The normalized spacial score (nSPS) is 12.7. The standard InChI is InChI=1S/C12H16F3NO2S/c1-12(2,19(3,17)18)7-16-6-8-4-10(14)11(15)5-9(8)13/h4-5,16H,6-7H2,1-3H3. The summed E-state index contributed by atoms with van der Waals surface area (Å²) in [6.07, 6.45) is 1.10. The van der Waals surface area contributed by atoms with Gasteiger partial charge in [0.2, 0.25) is 0 Å². The smallest absolute Gasteiger partial charge is 0.161 e. The van der Waals surface area contributed by atoms with Gasteiger partial charge in [-0.1, -0.05) is 0 Å². The van der Waals surface area contributed by atoms with E-state index in [0.717, 1.165) is 12.3 Å². The maximum Gasteiger partial charge on any atom is 0.161 e. The highest BCUT2D eigenvalue weighted by Crippen LogP contribution is 2.16. The van der Waals surface area contributed by atoms with Crippen molar-refractivity contribution in [3.8, 4) is 0 Å². The van der Waals surface area contributed by atoms with Crippen molar-refractivity contribution in [2.24, 2.45) is 0 Å². The van der Waals surface area contributed by atoms with Crippen molar-refractivity contribution in [1.29, 1.82) is 0 Å². The van der Waals surface area contributed by atoms with Crippen LogP contribution in [0.2, 0.25) is 0 Å². The second kappa shape index (κ2) is 5.50. The van der Waals surface area contributed by atoms with Gasteiger partial charge in [0.1, 0.15) is 5.82 Å². The van der Waals surface area contributed by atoms with Crippen molar-refractivity contribution in [2.75, 3.05) is 12.8 Å². The van der Waals surface area contributed by atoms with Crippen LogP contribution in [0.15, 0.2) is 12.1 Å². The van der Waals surface area contributed by atoms with E-state index in [2.05, 4.69) is 5.32 Å². The Labute approximate surface area is 110 Å². The number of halogens is 3. The van der Waals surface area contributed by atoms with E-state index in [9.17, 15) is 21.6 Å². The lowest BCUT2D eigenvalue weighted by Crippen LogP contribution is -2.41. The van der Waals surface area contributed by atoms with E-state index in [-0.39, 0.29) is 18.7 Å². The van der Waals surface area contributed by atoms with Crippen LogP contribution in [0.25, 0.3) is 0 Å². The summed E-state index contributed by atoms with van der Waals surface area (Å²) >= 11 is 0. The summed E-state index contributed by atoms with van der Waals surface area (Å²) in [5.74, 6) is -3.26. The third-order valence-electron chi connectivity index (χ3n) is 2.96. The second-order valence-electron chi connectivity index (χ2n) is 4.99. The maximum absolute atomic E-state index is 13.3. The summed E-state index contributed by atoms with van der Waals surface area (Å²) in [4.78, 5) is 0. The highest BCUT2D eigenvalue weighted by Gasteiger charge is 2.29. The average Bonchev–Trinajstić information content (AvgIpc) is 2.23. The zero-order valence-electron chi connectivity index (χ0n) is 10.9. The molecule has 7 heteroatoms. The molecule has 0 saturated carbocycles. The predicted molar refractivity (Wildman–Crippen MR) is 66.9 cm³/mol. The molecule has 0 unspecified atom stereocenters. The number of hydrogen-bond donors (Lipinski definition) is 1. The topological polar surface area (TPSA) is 46.2 Å². The Balaban J connectivity index is 2.72. The van der Waals surface area contributed by atoms with Gasteiger partial charge in [-0.2, -0.15) is 0 Å². The molecule has 0 spiro atoms. The molecule has 0 heterocycles. The SMILES string of the molecule is CC(C)(CNCc1cc(F)c(F)cc1F)S(C)(=O)=O. The van der Waals surface area contributed by atoms with E-state index in [0.29, 0.717) is 6.07 Å². The molecule has 1 N–H and O–H groups in total. The third-order valence-corrected chi connectivity index (χ3v) is 5.11. The van der Waals surface area contributed by atoms with E-state index in [1.54, 1.807) is 0 Å². The molecule has 0 aliphatic rings. The first-order chi connectivity index (χ1) is 8.54. The molecule has 0 aliphatic heterocycles. The highest BCUT2D eigenvalue weighted by molar-refractivity contribution is 7.92. The number of rotatable bonds is 5. The molecule has 19 heavy (non-hydrogen) atoms. The Morgan fingerprint density at radius 2 is 1.63 bits per heavy atom. The first-order valence-electron chi connectivity index (χ1n) is 5.58. The molecule has 3 nitrogen and oxygen atoms in total. The van der Waals surface area contributed by atoms with Gasteiger partial charge in [-0.05, 0) is 19.9 Å². The van der Waals surface area contributed by atoms with Crippen molar-refractivity contribution in [2.45, 2.75) is 25.1 Å². The average molecular weight is 295 g/mol. The molecule has 0 aliphatic carbocycles. The summed E-state index contributed by atoms with van der Waals surface area (Å²) in [7, 11) is -3.27. The number of benzene rings is 1. The van der Waals surface area contributed by atoms with Crippen LogP contribution in [0.3, 0.4) is 0 Å². The molecule has 0 bridgehead atoms. The molecule has 0 fully saturated rings. The van der Waals surface area contributed by atoms with Gasteiger partial charge >= 0.3 is 0 Å². The van der Waals surface area contributed by atoms with Crippen LogP contribution in [-0.2, 0) is 16.4 Å². The Morgan fingerprint density at radius 1 is 1.11 bits per heavy atom. The Morgan fingerprint density at radius 3 is 2.16 bits per heavy atom. The van der Waals surface area contributed by atoms with Gasteiger partial charge in [0.25, 0.3) is 0 Å². The number of sulfone groups is 1. The summed E-state index contributed by atoms with van der Waals surface area (Å²) in [6, 6.07) is 1.22. The van der Waals surface area contributed by atoms with Crippen molar-refractivity contribution in [3.05, 3.63) is 35.1 Å². The van der Waals surface area contributed by atoms with E-state index in [4.69, 9.17) is 0 Å². The fourth-order valence-electron chi connectivity index (χ4n) is 1.33. The number of hydrogen-bond acceptors (Lipinski definition) is 3. The lowest BCUT2D eigenvalue weighted by molar-refractivity contribution is 0.482. The van der Waals surface area contributed by atoms with Crippen LogP contribution in [-0.4, -0.2) is 26.0 Å². The summed E-state index contributed by atoms with van der Waals surface area (Å²) < 4.78 is 60.8. The lowest BCUT2D eigenvalue weighted by Gasteiger charge is -2.22. The Kier molecular flexibility index (Phi) is 4.63. The number of nitrogens with one attached hydrogen (secondary N) is 1. The molecule has 0 aromatic heterocycles. The molecule has 1 aromatic carbocycles. The van der Waals surface area contributed by atoms with Gasteiger partial charge in [-0.3, -0.25) is 0 Å². The van der Waals surface area contributed by atoms with E-state index in [1.165, 1.54) is 13.8 Å². The minimum Gasteiger partial charge on any atom is -0.311 e. The maximum atomic E-state index is 13.3. The van der Waals surface area contributed by atoms with Gasteiger partial charge in [0.05, 0.1) is 4.75 Å². The van der Waals surface area contributed by atoms with E-state index < -0.39 is 32.0 Å².